The number of nitrogens with zero attached hydrogens (tertiary/aromatic N) is 1. The molecule has 61 valence electrons. The van der Waals surface area contributed by atoms with Crippen LogP contribution in [-0.4, -0.2) is 37.5 Å². The minimum Gasteiger partial charge on any atom is -0.520 e. The number of carbonyl (C=O) groups excluding carboxylic acids is 2. The fourth-order valence-electron chi connectivity index (χ4n) is 0.408. The fraction of sp³-hybridized carbons (Fsp3) is 0.667. The van der Waals surface area contributed by atoms with E-state index in [0.717, 1.165) is 4.90 Å². The summed E-state index contributed by atoms with van der Waals surface area (Å²) in [6, 6.07) is -0.553. The van der Waals surface area contributed by atoms with Crippen molar-refractivity contribution < 1.29 is 47.0 Å². The molecule has 0 aromatic heterocycles. The number of amides is 1. The average molecular weight is 233 g/mol. The van der Waals surface area contributed by atoms with Crippen molar-refractivity contribution in [3.63, 3.8) is 0 Å². The van der Waals surface area contributed by atoms with Gasteiger partial charge in [-0.3, -0.25) is 0 Å². The van der Waals surface area contributed by atoms with Crippen LogP contribution >= 0.6 is 0 Å². The minimum atomic E-state index is -0.553. The van der Waals surface area contributed by atoms with E-state index in [0.29, 0.717) is 0 Å². The summed E-state index contributed by atoms with van der Waals surface area (Å²) in [4.78, 5) is 21.7. The van der Waals surface area contributed by atoms with Crippen molar-refractivity contribution in [1.29, 1.82) is 0 Å². The van der Waals surface area contributed by atoms with Gasteiger partial charge in [0.25, 0.3) is 0 Å². The van der Waals surface area contributed by atoms with Crippen molar-refractivity contribution in [3.8, 4) is 0 Å². The molecule has 1 radical (unpaired) electrons. The molecule has 1 atom stereocenters. The summed E-state index contributed by atoms with van der Waals surface area (Å²) < 4.78 is 4.38. The third-order valence-electron chi connectivity index (χ3n) is 1.27. The number of methoxy groups -OCH3 is 1. The Morgan fingerprint density at radius 2 is 2.09 bits per heavy atom. The van der Waals surface area contributed by atoms with Crippen LogP contribution in [0.15, 0.2) is 0 Å². The molecule has 0 N–H and O–H groups in total. The molecule has 0 bridgehead atoms. The molecule has 5 heteroatoms. The monoisotopic (exact) mass is 233 g/mol. The third-order valence-corrected chi connectivity index (χ3v) is 1.27. The average Bonchev–Trinajstić information content (AvgIpc) is 2.00. The van der Waals surface area contributed by atoms with Crippen LogP contribution in [0.2, 0.25) is 0 Å². The summed E-state index contributed by atoms with van der Waals surface area (Å²) in [5.41, 5.74) is 0. The predicted octanol–water partition coefficient (Wildman–Crippen LogP) is -0.456. The van der Waals surface area contributed by atoms with Gasteiger partial charge in [0.2, 0.25) is 0 Å². The molecule has 0 rings (SSSR count). The van der Waals surface area contributed by atoms with Crippen molar-refractivity contribution in [2.75, 3.05) is 14.2 Å². The Morgan fingerprint density at radius 3 is 2.36 bits per heavy atom. The zero-order valence-electron chi connectivity index (χ0n) is 6.83. The molecule has 0 saturated carbocycles. The normalized spacial score (nSPS) is 10.8. The molecule has 0 aromatic rings. The SMILES string of the molecule is COC(=O)[C@H](C)N(C)[C-]=O.[Y]. The van der Waals surface area contributed by atoms with Crippen molar-refractivity contribution in [2.24, 2.45) is 0 Å². The van der Waals surface area contributed by atoms with Crippen molar-refractivity contribution in [2.45, 2.75) is 13.0 Å². The van der Waals surface area contributed by atoms with Gasteiger partial charge in [-0.05, 0) is 14.0 Å². The quantitative estimate of drug-likeness (QED) is 0.376. The van der Waals surface area contributed by atoms with E-state index in [1.54, 1.807) is 13.3 Å². The fourth-order valence-corrected chi connectivity index (χ4v) is 0.408. The van der Waals surface area contributed by atoms with Crippen LogP contribution in [0.1, 0.15) is 6.92 Å². The van der Waals surface area contributed by atoms with Crippen molar-refractivity contribution in [3.05, 3.63) is 0 Å². The van der Waals surface area contributed by atoms with Crippen LogP contribution in [-0.2, 0) is 47.0 Å². The third kappa shape index (κ3) is 4.48. The molecule has 0 fully saturated rings. The van der Waals surface area contributed by atoms with Gasteiger partial charge in [-0.1, -0.05) is 0 Å². The molecule has 0 heterocycles. The molecular weight excluding hydrogens is 223 g/mol. The van der Waals surface area contributed by atoms with Gasteiger partial charge in [0.15, 0.2) is 0 Å². The molecule has 0 aliphatic carbocycles. The molecule has 0 saturated heterocycles. The second-order valence-electron chi connectivity index (χ2n) is 1.90. The van der Waals surface area contributed by atoms with E-state index in [4.69, 9.17) is 0 Å². The van der Waals surface area contributed by atoms with Gasteiger partial charge in [0.05, 0.1) is 13.2 Å². The van der Waals surface area contributed by atoms with Crippen LogP contribution in [0.25, 0.3) is 0 Å². The Kier molecular flexibility index (Phi) is 8.34. The Labute approximate surface area is 91.1 Å². The Bertz CT molecular complexity index is 140. The molecular formula is C6H10NO3Y-. The number of hydrogen-bond acceptors (Lipinski definition) is 3. The summed E-state index contributed by atoms with van der Waals surface area (Å²) in [7, 11) is 2.74. The second-order valence-corrected chi connectivity index (χ2v) is 1.90. The van der Waals surface area contributed by atoms with E-state index < -0.39 is 12.0 Å². The van der Waals surface area contributed by atoms with Gasteiger partial charge >= 0.3 is 5.97 Å². The van der Waals surface area contributed by atoms with E-state index in [1.165, 1.54) is 14.2 Å². The number of ether oxygens (including phenoxy) is 1. The number of esters is 1. The first kappa shape index (κ1) is 13.6. The smallest absolute Gasteiger partial charge is 0.325 e. The van der Waals surface area contributed by atoms with E-state index in [9.17, 15) is 9.59 Å². The first-order chi connectivity index (χ1) is 4.63. The van der Waals surface area contributed by atoms with Gasteiger partial charge in [-0.2, -0.15) is 6.41 Å². The second kappa shape index (κ2) is 6.74. The molecule has 0 unspecified atom stereocenters. The number of hydrogen-bond donors (Lipinski definition) is 0. The summed E-state index contributed by atoms with van der Waals surface area (Å²) >= 11 is 0. The first-order valence-corrected chi connectivity index (χ1v) is 2.82. The van der Waals surface area contributed by atoms with Crippen molar-refractivity contribution in [1.82, 2.24) is 4.90 Å². The molecule has 0 aliphatic rings. The number of likely N-dealkylation sites (N-methyl/N-ethyl adjacent to an activating group) is 1. The van der Waals surface area contributed by atoms with Gasteiger partial charge in [-0.25, -0.2) is 4.79 Å². The molecule has 1 amide bonds. The summed E-state index contributed by atoms with van der Waals surface area (Å²) in [5, 5.41) is 0. The summed E-state index contributed by atoms with van der Waals surface area (Å²) in [6.45, 7) is 1.57. The van der Waals surface area contributed by atoms with Crippen LogP contribution in [0.4, 0.5) is 0 Å². The van der Waals surface area contributed by atoms with Gasteiger partial charge in [0, 0.05) is 32.7 Å². The van der Waals surface area contributed by atoms with E-state index >= 15 is 0 Å². The zero-order chi connectivity index (χ0) is 8.15. The topological polar surface area (TPSA) is 46.6 Å². The summed E-state index contributed by atoms with van der Waals surface area (Å²) in [6.07, 6.45) is 1.56. The van der Waals surface area contributed by atoms with Crippen LogP contribution in [0.3, 0.4) is 0 Å². The Balaban J connectivity index is 0. The predicted molar refractivity (Wildman–Crippen MR) is 34.9 cm³/mol. The molecule has 0 spiro atoms. The van der Waals surface area contributed by atoms with Gasteiger partial charge in [-0.15, -0.1) is 0 Å². The number of carbonyl (C=O) groups is 1. The van der Waals surface area contributed by atoms with Crippen molar-refractivity contribution >= 4 is 12.4 Å². The zero-order valence-corrected chi connectivity index (χ0v) is 9.66. The largest absolute Gasteiger partial charge is 0.520 e. The minimum absolute atomic E-state index is 0. The molecule has 0 aromatic carbocycles. The van der Waals surface area contributed by atoms with Crippen LogP contribution in [0, 0.1) is 0 Å². The van der Waals surface area contributed by atoms with E-state index in [2.05, 4.69) is 4.74 Å². The van der Waals surface area contributed by atoms with E-state index in [-0.39, 0.29) is 32.7 Å². The molecule has 11 heavy (non-hydrogen) atoms. The molecule has 4 nitrogen and oxygen atoms in total. The van der Waals surface area contributed by atoms with Gasteiger partial charge in [0.1, 0.15) is 0 Å². The molecule has 0 aliphatic heterocycles. The first-order valence-electron chi connectivity index (χ1n) is 2.82. The maximum absolute atomic E-state index is 10.7. The summed E-state index contributed by atoms with van der Waals surface area (Å²) in [5.74, 6) is -0.439. The Morgan fingerprint density at radius 1 is 1.64 bits per heavy atom. The van der Waals surface area contributed by atoms with Gasteiger partial charge < -0.3 is 14.4 Å². The van der Waals surface area contributed by atoms with E-state index in [1.807, 2.05) is 0 Å². The maximum atomic E-state index is 10.7. The maximum Gasteiger partial charge on any atom is 0.325 e. The van der Waals surface area contributed by atoms with Crippen LogP contribution in [0.5, 0.6) is 0 Å². The number of rotatable bonds is 3. The Hall–Kier alpha value is 0.0439. The standard InChI is InChI=1S/C6H10NO3.Y/c1-5(6(9)10-3)7(2)4-8;/h5H,1-3H3;/q-1;/t5-;/m0./s1. The van der Waals surface area contributed by atoms with Crippen LogP contribution < -0.4 is 0 Å².